The van der Waals surface area contributed by atoms with Gasteiger partial charge in [-0.3, -0.25) is 9.78 Å². The molecule has 0 fully saturated rings. The molecule has 4 nitrogen and oxygen atoms in total. The fourth-order valence-corrected chi connectivity index (χ4v) is 3.08. The fraction of sp³-hybridized carbons (Fsp3) is 0.143. The van der Waals surface area contributed by atoms with Crippen molar-refractivity contribution in [3.8, 4) is 0 Å². The summed E-state index contributed by atoms with van der Waals surface area (Å²) < 4.78 is 0.923. The predicted molar refractivity (Wildman–Crippen MR) is 77.1 cm³/mol. The van der Waals surface area contributed by atoms with Gasteiger partial charge in [-0.15, -0.1) is 0 Å². The number of carbonyl (C=O) groups excluding carboxylic acids is 1. The van der Waals surface area contributed by atoms with Gasteiger partial charge >= 0.3 is 0 Å². The Labute approximate surface area is 117 Å². The van der Waals surface area contributed by atoms with Gasteiger partial charge in [0.05, 0.1) is 22.1 Å². The monoisotopic (exact) mass is 315 g/mol. The Hall–Kier alpha value is -1.88. The molecule has 0 unspecified atom stereocenters. The van der Waals surface area contributed by atoms with Crippen LogP contribution in [0.1, 0.15) is 15.9 Å². The highest BCUT2D eigenvalue weighted by Crippen LogP contribution is 2.33. The molecule has 0 spiro atoms. The smallest absolute Gasteiger partial charge is 0.256 e. The maximum absolute atomic E-state index is 12.2. The topological polar surface area (TPSA) is 49.0 Å². The van der Waals surface area contributed by atoms with Gasteiger partial charge < -0.3 is 9.88 Å². The van der Waals surface area contributed by atoms with E-state index in [2.05, 4.69) is 25.9 Å². The molecule has 1 aliphatic heterocycles. The van der Waals surface area contributed by atoms with Gasteiger partial charge in [0.1, 0.15) is 0 Å². The number of H-pyrrole nitrogens is 1. The van der Waals surface area contributed by atoms with Crippen LogP contribution in [0.25, 0.3) is 21.9 Å². The lowest BCUT2D eigenvalue weighted by Gasteiger charge is -2.04. The standard InChI is InChI=1S/C14H10BrN3O/c1-18-6-7-2-3-9-12-10(4-8(15)5-16-12)17-13(9)11(7)14(18)19/h2-5,17H,6H2,1H3. The van der Waals surface area contributed by atoms with Crippen LogP contribution >= 0.6 is 15.9 Å². The highest BCUT2D eigenvalue weighted by atomic mass is 79.9. The molecule has 0 bridgehead atoms. The Bertz CT molecular complexity index is 853. The minimum atomic E-state index is 0.0752. The molecule has 1 amide bonds. The lowest BCUT2D eigenvalue weighted by atomic mass is 10.1. The van der Waals surface area contributed by atoms with Crippen molar-refractivity contribution < 1.29 is 4.79 Å². The fourth-order valence-electron chi connectivity index (χ4n) is 2.75. The summed E-state index contributed by atoms with van der Waals surface area (Å²) in [6, 6.07) is 6.05. The molecule has 3 aromatic rings. The number of aromatic nitrogens is 2. The van der Waals surface area contributed by atoms with Crippen molar-refractivity contribution in [1.82, 2.24) is 14.9 Å². The average molecular weight is 316 g/mol. The zero-order valence-corrected chi connectivity index (χ0v) is 11.8. The first-order chi connectivity index (χ1) is 9.15. The third kappa shape index (κ3) is 1.39. The molecule has 5 heteroatoms. The molecule has 0 atom stereocenters. The van der Waals surface area contributed by atoms with E-state index in [4.69, 9.17) is 0 Å². The minimum absolute atomic E-state index is 0.0752. The number of fused-ring (bicyclic) bond motifs is 5. The van der Waals surface area contributed by atoms with E-state index in [0.717, 1.165) is 37.5 Å². The minimum Gasteiger partial charge on any atom is -0.352 e. The van der Waals surface area contributed by atoms with Crippen molar-refractivity contribution in [3.63, 3.8) is 0 Å². The summed E-state index contributed by atoms with van der Waals surface area (Å²) in [5, 5.41) is 1.00. The molecule has 0 saturated heterocycles. The van der Waals surface area contributed by atoms with Crippen LogP contribution in [-0.4, -0.2) is 27.8 Å². The van der Waals surface area contributed by atoms with Gasteiger partial charge in [0.15, 0.2) is 0 Å². The Balaban J connectivity index is 2.16. The lowest BCUT2D eigenvalue weighted by Crippen LogP contribution is -2.17. The number of nitrogens with one attached hydrogen (secondary N) is 1. The highest BCUT2D eigenvalue weighted by molar-refractivity contribution is 9.10. The van der Waals surface area contributed by atoms with Crippen LogP contribution in [0.4, 0.5) is 0 Å². The first-order valence-electron chi connectivity index (χ1n) is 5.99. The molecular weight excluding hydrogens is 306 g/mol. The number of pyridine rings is 1. The van der Waals surface area contributed by atoms with Gasteiger partial charge in [-0.1, -0.05) is 12.1 Å². The Morgan fingerprint density at radius 1 is 1.42 bits per heavy atom. The Morgan fingerprint density at radius 3 is 3.11 bits per heavy atom. The van der Waals surface area contributed by atoms with Crippen LogP contribution in [0.15, 0.2) is 28.9 Å². The second kappa shape index (κ2) is 3.57. The predicted octanol–water partition coefficient (Wildman–Crippen LogP) is 3.06. The van der Waals surface area contributed by atoms with E-state index in [-0.39, 0.29) is 5.91 Å². The van der Waals surface area contributed by atoms with Crippen molar-refractivity contribution in [3.05, 3.63) is 40.0 Å². The SMILES string of the molecule is CN1Cc2ccc3c([nH]c4cc(Br)cnc43)c2C1=O. The molecule has 1 aromatic carbocycles. The largest absolute Gasteiger partial charge is 0.352 e. The molecule has 4 rings (SSSR count). The number of hydrogen-bond acceptors (Lipinski definition) is 2. The summed E-state index contributed by atoms with van der Waals surface area (Å²) in [5.41, 5.74) is 4.61. The maximum Gasteiger partial charge on any atom is 0.256 e. The molecule has 19 heavy (non-hydrogen) atoms. The number of halogens is 1. The Morgan fingerprint density at radius 2 is 2.26 bits per heavy atom. The van der Waals surface area contributed by atoms with Gasteiger partial charge in [0.2, 0.25) is 0 Å². The summed E-state index contributed by atoms with van der Waals surface area (Å²) >= 11 is 3.42. The first-order valence-corrected chi connectivity index (χ1v) is 6.79. The number of carbonyl (C=O) groups is 1. The van der Waals surface area contributed by atoms with Crippen LogP contribution in [0.2, 0.25) is 0 Å². The number of hydrogen-bond donors (Lipinski definition) is 1. The third-order valence-electron chi connectivity index (χ3n) is 3.63. The van der Waals surface area contributed by atoms with Crippen LogP contribution in [0, 0.1) is 0 Å². The summed E-state index contributed by atoms with van der Waals surface area (Å²) in [6.45, 7) is 0.677. The summed E-state index contributed by atoms with van der Waals surface area (Å²) in [5.74, 6) is 0.0752. The van der Waals surface area contributed by atoms with Crippen molar-refractivity contribution in [1.29, 1.82) is 0 Å². The van der Waals surface area contributed by atoms with E-state index in [1.807, 2.05) is 25.2 Å². The zero-order chi connectivity index (χ0) is 13.1. The number of aromatic amines is 1. The molecular formula is C14H10BrN3O. The van der Waals surface area contributed by atoms with Crippen molar-refractivity contribution >= 4 is 43.8 Å². The molecule has 0 radical (unpaired) electrons. The van der Waals surface area contributed by atoms with E-state index < -0.39 is 0 Å². The molecule has 94 valence electrons. The first kappa shape index (κ1) is 11.0. The third-order valence-corrected chi connectivity index (χ3v) is 4.06. The number of benzene rings is 1. The van der Waals surface area contributed by atoms with Crippen LogP contribution in [0.5, 0.6) is 0 Å². The number of nitrogens with zero attached hydrogens (tertiary/aromatic N) is 2. The molecule has 0 saturated carbocycles. The van der Waals surface area contributed by atoms with Gasteiger partial charge in [-0.05, 0) is 27.6 Å². The highest BCUT2D eigenvalue weighted by Gasteiger charge is 2.27. The van der Waals surface area contributed by atoms with Gasteiger partial charge in [0, 0.05) is 29.6 Å². The lowest BCUT2D eigenvalue weighted by molar-refractivity contribution is 0.0818. The molecule has 1 N–H and O–H groups in total. The van der Waals surface area contributed by atoms with Crippen LogP contribution in [0.3, 0.4) is 0 Å². The molecule has 3 heterocycles. The normalized spacial score (nSPS) is 14.6. The molecule has 1 aliphatic rings. The second-order valence-corrected chi connectivity index (χ2v) is 5.77. The van der Waals surface area contributed by atoms with Crippen molar-refractivity contribution in [2.24, 2.45) is 0 Å². The maximum atomic E-state index is 12.2. The second-order valence-electron chi connectivity index (χ2n) is 4.86. The molecule has 2 aromatic heterocycles. The van der Waals surface area contributed by atoms with Gasteiger partial charge in [-0.2, -0.15) is 0 Å². The van der Waals surface area contributed by atoms with E-state index in [9.17, 15) is 4.79 Å². The average Bonchev–Trinajstić information content (AvgIpc) is 2.87. The van der Waals surface area contributed by atoms with E-state index in [1.54, 1.807) is 11.1 Å². The van der Waals surface area contributed by atoms with E-state index in [1.165, 1.54) is 0 Å². The number of amides is 1. The van der Waals surface area contributed by atoms with E-state index >= 15 is 0 Å². The summed E-state index contributed by atoms with van der Waals surface area (Å²) in [7, 11) is 1.83. The Kier molecular flexibility index (Phi) is 2.07. The zero-order valence-electron chi connectivity index (χ0n) is 10.2. The van der Waals surface area contributed by atoms with E-state index in [0.29, 0.717) is 6.54 Å². The van der Waals surface area contributed by atoms with Gasteiger partial charge in [0.25, 0.3) is 5.91 Å². The van der Waals surface area contributed by atoms with Gasteiger partial charge in [-0.25, -0.2) is 0 Å². The van der Waals surface area contributed by atoms with Crippen molar-refractivity contribution in [2.75, 3.05) is 7.05 Å². The summed E-state index contributed by atoms with van der Waals surface area (Å²) in [4.78, 5) is 21.7. The number of rotatable bonds is 0. The quantitative estimate of drug-likeness (QED) is 0.693. The van der Waals surface area contributed by atoms with Crippen LogP contribution in [-0.2, 0) is 6.54 Å². The molecule has 0 aliphatic carbocycles. The van der Waals surface area contributed by atoms with Crippen LogP contribution < -0.4 is 0 Å². The van der Waals surface area contributed by atoms with Crippen molar-refractivity contribution in [2.45, 2.75) is 6.54 Å². The summed E-state index contributed by atoms with van der Waals surface area (Å²) in [6.07, 6.45) is 1.77.